The Kier molecular flexibility index (Phi) is 99.5. The zero-order valence-electron chi connectivity index (χ0n) is 95.6. The van der Waals surface area contributed by atoms with E-state index in [1.807, 2.05) is 310 Å². The van der Waals surface area contributed by atoms with Crippen LogP contribution in [0.15, 0.2) is 109 Å². The summed E-state index contributed by atoms with van der Waals surface area (Å²) in [5.41, 5.74) is 4.75. The fraction of sp³-hybridized carbons (Fsp3) is 0.679. The van der Waals surface area contributed by atoms with Crippen LogP contribution in [0.3, 0.4) is 0 Å². The van der Waals surface area contributed by atoms with Crippen molar-refractivity contribution in [1.82, 2.24) is 0 Å². The van der Waals surface area contributed by atoms with E-state index in [-0.39, 0.29) is 60.5 Å². The molecule has 0 aliphatic carbocycles. The number of hydrogen-bond acceptors (Lipinski definition) is 32. The van der Waals surface area contributed by atoms with Crippen molar-refractivity contribution in [2.45, 2.75) is 338 Å². The molecule has 4 aromatic carbocycles. The number of benzene rings is 4. The maximum atomic E-state index is 11.6. The van der Waals surface area contributed by atoms with E-state index in [0.717, 1.165) is 49.7 Å². The molecule has 32 nitrogen and oxygen atoms in total. The first-order valence-electron chi connectivity index (χ1n) is 50.7. The average Bonchev–Trinajstić information content (AvgIpc) is 0.880. The van der Waals surface area contributed by atoms with Crippen molar-refractivity contribution in [3.63, 3.8) is 0 Å². The van der Waals surface area contributed by atoms with E-state index >= 15 is 0 Å². The van der Waals surface area contributed by atoms with Gasteiger partial charge in [-0.15, -0.1) is 0 Å². The third-order valence-electron chi connectivity index (χ3n) is 18.3. The molecule has 0 fully saturated rings. The molecule has 0 radical (unpaired) electrons. The molecule has 6 atom stereocenters. The predicted molar refractivity (Wildman–Crippen MR) is 564 cm³/mol. The van der Waals surface area contributed by atoms with E-state index in [2.05, 4.69) is 33.2 Å². The zero-order valence-corrected chi connectivity index (χ0v) is 95.6. The SMILES string of the molecule is CC(C)C(C)OC(=O)c1ccccc1.CC(C)COC(=O)c1ccccc1.CCCCOC(=O)OC(C)C(C)C.CCCCOC(=O)OCC(C)C.CCCOC(=O)OC(C)C(C)C.CCCOC(=O)OCC(C)C.CCOC(=O)OC(C)C(C)C.CCOC(=O)OCC(C)C.COC(=O)OC(C)C(C)C.COC(=O)OCC(C)C.Cc1ccc(C(=O)OC(C)C(C)C)cc1.Cc1ccc(C(=O)OCC(C)C)cc1. The van der Waals surface area contributed by atoms with Gasteiger partial charge in [0.25, 0.3) is 0 Å². The normalized spacial score (nSPS) is 11.4. The summed E-state index contributed by atoms with van der Waals surface area (Å²) in [6, 6.07) is 32.9. The summed E-state index contributed by atoms with van der Waals surface area (Å²) in [5, 5.41) is 0. The van der Waals surface area contributed by atoms with Crippen LogP contribution in [-0.4, -0.2) is 203 Å². The Morgan fingerprint density at radius 3 is 0.674 bits per heavy atom. The minimum Gasteiger partial charge on any atom is -0.462 e. The Balaban J connectivity index is -0.000000234. The van der Waals surface area contributed by atoms with Gasteiger partial charge in [0.15, 0.2) is 0 Å². The Bertz CT molecular complexity index is 3800. The van der Waals surface area contributed by atoms with Gasteiger partial charge in [0.05, 0.1) is 116 Å². The number of aryl methyl sites for hydroxylation is 2. The van der Waals surface area contributed by atoms with E-state index in [9.17, 15) is 57.5 Å². The molecule has 0 spiro atoms. The van der Waals surface area contributed by atoms with Gasteiger partial charge in [-0.3, -0.25) is 0 Å². The molecule has 6 unspecified atom stereocenters. The van der Waals surface area contributed by atoms with Crippen molar-refractivity contribution in [2.24, 2.45) is 71.0 Å². The number of ether oxygens (including phenoxy) is 20. The van der Waals surface area contributed by atoms with Gasteiger partial charge < -0.3 is 94.7 Å². The lowest BCUT2D eigenvalue weighted by Gasteiger charge is -2.16. The van der Waals surface area contributed by atoms with Crippen molar-refractivity contribution in [3.05, 3.63) is 143 Å². The molecule has 832 valence electrons. The van der Waals surface area contributed by atoms with E-state index in [1.165, 1.54) is 14.2 Å². The second-order valence-corrected chi connectivity index (χ2v) is 37.6. The summed E-state index contributed by atoms with van der Waals surface area (Å²) in [5.74, 6) is 3.29. The van der Waals surface area contributed by atoms with Crippen LogP contribution in [0.1, 0.15) is 340 Å². The average molecular weight is 2050 g/mol. The molecule has 0 bridgehead atoms. The van der Waals surface area contributed by atoms with Crippen LogP contribution in [0.25, 0.3) is 0 Å². The maximum Gasteiger partial charge on any atom is 0.508 e. The summed E-state index contributed by atoms with van der Waals surface area (Å²) < 4.78 is 95.9. The number of carbonyl (C=O) groups excluding carboxylic acids is 12. The molecule has 4 rings (SSSR count). The Labute approximate surface area is 866 Å². The van der Waals surface area contributed by atoms with E-state index < -0.39 is 49.2 Å². The van der Waals surface area contributed by atoms with Crippen LogP contribution in [0.4, 0.5) is 38.4 Å². The maximum absolute atomic E-state index is 11.6. The first-order chi connectivity index (χ1) is 67.4. The van der Waals surface area contributed by atoms with Gasteiger partial charge in [-0.2, -0.15) is 0 Å². The number of methoxy groups -OCH3 is 2. The van der Waals surface area contributed by atoms with Gasteiger partial charge in [0.1, 0.15) is 36.6 Å². The molecule has 144 heavy (non-hydrogen) atoms. The molecule has 0 aliphatic rings. The minimum atomic E-state index is -0.610. The summed E-state index contributed by atoms with van der Waals surface area (Å²) >= 11 is 0. The summed E-state index contributed by atoms with van der Waals surface area (Å²) in [6.07, 6.45) is 0.542. The summed E-state index contributed by atoms with van der Waals surface area (Å²) in [7, 11) is 2.60. The molecule has 0 amide bonds. The van der Waals surface area contributed by atoms with Crippen molar-refractivity contribution in [1.29, 1.82) is 0 Å². The summed E-state index contributed by atoms with van der Waals surface area (Å²) in [6.45, 7) is 79.8. The molecule has 0 aromatic heterocycles. The van der Waals surface area contributed by atoms with Gasteiger partial charge >= 0.3 is 73.1 Å². The third-order valence-corrected chi connectivity index (χ3v) is 18.3. The molecule has 0 saturated carbocycles. The number of hydrogen-bond donors (Lipinski definition) is 0. The standard InChI is InChI=1S/C13H18O2.2C12H16O2.C11H14O2.C10H20O3.2C9H18O3.2C8H16O3.2C7H14O3.C6H12O3/c1-9(2)11(4)15-13(14)12-7-5-10(3)6-8-12;1-9(2)8-14-12(13)11-6-4-10(3)5-7-11;1-9(2)10(3)14-12(13)11-7-5-4-6-8-11;1-9(2)8-13-11(12)10-6-4-3-5-7-10;1-5-6-7-12-10(11)13-9(4)8(2)3;1-5-6-11-9(10)12-8(4)7(2)3;1-4-5-6-11-9(10)12-7-8(2)3;1-5-10-8(9)11-7(4)6(2)3;1-4-5-10-8(9)11-6-7(2)3;1-5(2)6(3)10-7(8)9-4;1-4-9-7(8)10-5-6(2)3;1-5(2)4-9-6(7)8-3/h5-9,11H,1-4H3;4-7,9H,8H2,1-3H3;4-10H,1-3H3;3-7,9H,8H2,1-2H3;8-9H,5-7H2,1-4H3;7-8H,5-6H2,1-4H3;8H,4-7H2,1-3H3;6-7H,5H2,1-4H3;7H,4-6H2,1-3H3;5-6H,1-4H3;6H,4-5H2,1-3H3;5H,4H2,1-3H3. The van der Waals surface area contributed by atoms with Crippen LogP contribution < -0.4 is 0 Å². The number of carbonyl (C=O) groups is 12. The molecular weight excluding hydrogens is 1860 g/mol. The first kappa shape index (κ1) is 148. The van der Waals surface area contributed by atoms with Gasteiger partial charge in [-0.1, -0.05) is 278 Å². The lowest BCUT2D eigenvalue weighted by molar-refractivity contribution is 0.0136. The molecule has 32 heteroatoms. The lowest BCUT2D eigenvalue weighted by Crippen LogP contribution is -2.21. The fourth-order valence-corrected chi connectivity index (χ4v) is 7.56. The number of unbranched alkanes of at least 4 members (excludes halogenated alkanes) is 2. The minimum absolute atomic E-state index is 0.0392. The van der Waals surface area contributed by atoms with Gasteiger partial charge in [0, 0.05) is 0 Å². The molecule has 0 aliphatic heterocycles. The van der Waals surface area contributed by atoms with Crippen LogP contribution in [-0.2, 0) is 94.7 Å². The van der Waals surface area contributed by atoms with E-state index in [1.54, 1.807) is 62.4 Å². The lowest BCUT2D eigenvalue weighted by atomic mass is 10.1. The third kappa shape index (κ3) is 102. The van der Waals surface area contributed by atoms with Crippen molar-refractivity contribution < 1.29 is 152 Å². The zero-order chi connectivity index (χ0) is 112. The van der Waals surface area contributed by atoms with Crippen molar-refractivity contribution in [3.8, 4) is 0 Å². The predicted octanol–water partition coefficient (Wildman–Crippen LogP) is 29.0. The van der Waals surface area contributed by atoms with Crippen molar-refractivity contribution >= 4 is 73.1 Å². The summed E-state index contributed by atoms with van der Waals surface area (Å²) in [4.78, 5) is 131. The van der Waals surface area contributed by atoms with Gasteiger partial charge in [-0.05, 0) is 214 Å². The van der Waals surface area contributed by atoms with Crippen LogP contribution in [0.5, 0.6) is 0 Å². The van der Waals surface area contributed by atoms with Crippen molar-refractivity contribution in [2.75, 3.05) is 93.5 Å². The highest BCUT2D eigenvalue weighted by atomic mass is 16.8. The quantitative estimate of drug-likeness (QED) is 0.0227. The topological polar surface area (TPSA) is 389 Å². The number of rotatable bonds is 40. The second kappa shape index (κ2) is 96.7. The highest BCUT2D eigenvalue weighted by Gasteiger charge is 2.20. The smallest absolute Gasteiger partial charge is 0.462 e. The van der Waals surface area contributed by atoms with Crippen LogP contribution in [0, 0.1) is 84.9 Å². The first-order valence-corrected chi connectivity index (χ1v) is 50.7. The van der Waals surface area contributed by atoms with E-state index in [0.29, 0.717) is 173 Å². The molecular formula is C112H192O32. The van der Waals surface area contributed by atoms with Crippen LogP contribution >= 0.6 is 0 Å². The van der Waals surface area contributed by atoms with E-state index in [4.69, 9.17) is 61.6 Å². The largest absolute Gasteiger partial charge is 0.508 e. The molecule has 4 aromatic rings. The second-order valence-electron chi connectivity index (χ2n) is 37.6. The highest BCUT2D eigenvalue weighted by molar-refractivity contribution is 5.91. The molecule has 0 N–H and O–H groups in total. The molecule has 0 heterocycles. The van der Waals surface area contributed by atoms with Crippen LogP contribution in [0.2, 0.25) is 0 Å². The fourth-order valence-electron chi connectivity index (χ4n) is 7.56. The Morgan fingerprint density at radius 2 is 0.417 bits per heavy atom. The molecule has 0 saturated heterocycles. The highest BCUT2D eigenvalue weighted by Crippen LogP contribution is 2.16. The Morgan fingerprint density at radius 1 is 0.208 bits per heavy atom. The van der Waals surface area contributed by atoms with Gasteiger partial charge in [-0.25, -0.2) is 57.5 Å². The Hall–Kier alpha value is -11.1. The monoisotopic (exact) mass is 2050 g/mol. The van der Waals surface area contributed by atoms with Gasteiger partial charge in [0.2, 0.25) is 0 Å². The number of esters is 4.